The van der Waals surface area contributed by atoms with Crippen molar-refractivity contribution in [3.8, 4) is 27.7 Å². The van der Waals surface area contributed by atoms with E-state index in [2.05, 4.69) is 9.95 Å². The predicted octanol–water partition coefficient (Wildman–Crippen LogP) is 5.47. The second-order valence-corrected chi connectivity index (χ2v) is 8.82. The lowest BCUT2D eigenvalue weighted by Crippen LogP contribution is -2.28. The molecule has 1 aromatic carbocycles. The van der Waals surface area contributed by atoms with Gasteiger partial charge in [-0.3, -0.25) is 4.79 Å². The van der Waals surface area contributed by atoms with Crippen LogP contribution in [0.15, 0.2) is 58.5 Å². The van der Waals surface area contributed by atoms with Gasteiger partial charge in [-0.25, -0.2) is 4.98 Å². The number of benzene rings is 1. The Labute approximate surface area is 191 Å². The number of rotatable bonds is 6. The van der Waals surface area contributed by atoms with Crippen LogP contribution in [0, 0.1) is 6.92 Å². The van der Waals surface area contributed by atoms with Crippen LogP contribution in [0.1, 0.15) is 34.7 Å². The Hall–Kier alpha value is -3.32. The number of hydrogen-bond donors (Lipinski definition) is 0. The van der Waals surface area contributed by atoms with Gasteiger partial charge in [-0.15, -0.1) is 11.3 Å². The maximum absolute atomic E-state index is 13.2. The van der Waals surface area contributed by atoms with E-state index in [1.54, 1.807) is 24.7 Å². The van der Waals surface area contributed by atoms with Gasteiger partial charge in [-0.1, -0.05) is 0 Å². The molecule has 6 nitrogen and oxygen atoms in total. The number of nitrogens with zero attached hydrogens (tertiary/aromatic N) is 3. The summed E-state index contributed by atoms with van der Waals surface area (Å²) in [5, 5.41) is 2.98. The van der Waals surface area contributed by atoms with Gasteiger partial charge in [0.25, 0.3) is 5.91 Å². The Balaban J connectivity index is 1.54. The van der Waals surface area contributed by atoms with E-state index in [0.717, 1.165) is 70.7 Å². The molecule has 164 valence electrons. The van der Waals surface area contributed by atoms with Gasteiger partial charge in [0, 0.05) is 29.7 Å². The van der Waals surface area contributed by atoms with Crippen molar-refractivity contribution < 1.29 is 13.9 Å². The maximum Gasteiger partial charge on any atom is 0.255 e. The molecule has 4 heterocycles. The average Bonchev–Trinajstić information content (AvgIpc) is 3.62. The highest BCUT2D eigenvalue weighted by atomic mass is 32.1. The van der Waals surface area contributed by atoms with Gasteiger partial charge in [-0.2, -0.15) is 0 Å². The molecular formula is C25H25N3O3S. The number of aromatic nitrogens is 2. The smallest absolute Gasteiger partial charge is 0.255 e. The molecule has 3 aromatic heterocycles. The zero-order valence-electron chi connectivity index (χ0n) is 18.2. The second-order valence-electron chi connectivity index (χ2n) is 7.96. The Kier molecular flexibility index (Phi) is 5.57. The summed E-state index contributed by atoms with van der Waals surface area (Å²) in [6.07, 6.45) is 3.82. The molecule has 4 aromatic rings. The van der Waals surface area contributed by atoms with Gasteiger partial charge < -0.3 is 18.6 Å². The van der Waals surface area contributed by atoms with Gasteiger partial charge in [-0.05, 0) is 62.2 Å². The molecule has 7 heteroatoms. The summed E-state index contributed by atoms with van der Waals surface area (Å²) in [5.41, 5.74) is 4.50. The van der Waals surface area contributed by atoms with Crippen LogP contribution in [0.3, 0.4) is 0 Å². The highest BCUT2D eigenvalue weighted by molar-refractivity contribution is 7.13. The number of likely N-dealkylation sites (tertiary alicyclic amines) is 1. The van der Waals surface area contributed by atoms with Crippen LogP contribution in [0.4, 0.5) is 0 Å². The minimum Gasteiger partial charge on any atom is -0.497 e. The molecule has 1 aliphatic heterocycles. The van der Waals surface area contributed by atoms with Crippen molar-refractivity contribution in [3.05, 3.63) is 71.1 Å². The summed E-state index contributed by atoms with van der Waals surface area (Å²) in [4.78, 5) is 20.1. The van der Waals surface area contributed by atoms with Crippen LogP contribution >= 0.6 is 11.3 Å². The third-order valence-electron chi connectivity index (χ3n) is 5.99. The molecule has 0 saturated carbocycles. The maximum atomic E-state index is 13.2. The topological polar surface area (TPSA) is 60.5 Å². The van der Waals surface area contributed by atoms with Crippen LogP contribution in [0.25, 0.3) is 22.0 Å². The third kappa shape index (κ3) is 3.84. The van der Waals surface area contributed by atoms with Crippen molar-refractivity contribution in [1.82, 2.24) is 14.5 Å². The normalized spacial score (nSPS) is 13.6. The Bertz CT molecular complexity index is 1220. The lowest BCUT2D eigenvalue weighted by atomic mass is 10.2. The van der Waals surface area contributed by atoms with Gasteiger partial charge in [0.1, 0.15) is 16.5 Å². The van der Waals surface area contributed by atoms with E-state index in [4.69, 9.17) is 14.1 Å². The summed E-state index contributed by atoms with van der Waals surface area (Å²) < 4.78 is 13.0. The number of ether oxygens (including phenoxy) is 1. The van der Waals surface area contributed by atoms with E-state index >= 15 is 0 Å². The van der Waals surface area contributed by atoms with Gasteiger partial charge in [0.2, 0.25) is 0 Å². The average molecular weight is 448 g/mol. The lowest BCUT2D eigenvalue weighted by molar-refractivity contribution is 0.0792. The first-order valence-corrected chi connectivity index (χ1v) is 11.6. The molecule has 1 fully saturated rings. The SMILES string of the molecule is COc1ccc(-c2nc(-c3cc(C(=O)N4CCCC4)c(C)n3Cc3ccco3)cs2)cc1. The Morgan fingerprint density at radius 1 is 1.19 bits per heavy atom. The second kappa shape index (κ2) is 8.67. The number of amides is 1. The summed E-state index contributed by atoms with van der Waals surface area (Å²) in [7, 11) is 1.66. The van der Waals surface area contributed by atoms with Gasteiger partial charge in [0.05, 0.1) is 36.9 Å². The van der Waals surface area contributed by atoms with E-state index in [9.17, 15) is 4.79 Å². The Morgan fingerprint density at radius 3 is 2.66 bits per heavy atom. The first-order valence-electron chi connectivity index (χ1n) is 10.8. The Morgan fingerprint density at radius 2 is 1.97 bits per heavy atom. The molecule has 0 atom stereocenters. The number of thiazole rings is 1. The zero-order valence-corrected chi connectivity index (χ0v) is 19.0. The van der Waals surface area contributed by atoms with Crippen LogP contribution in [0.2, 0.25) is 0 Å². The molecule has 32 heavy (non-hydrogen) atoms. The highest BCUT2D eigenvalue weighted by Gasteiger charge is 2.26. The first-order chi connectivity index (χ1) is 15.6. The summed E-state index contributed by atoms with van der Waals surface area (Å²) in [5.74, 6) is 1.76. The summed E-state index contributed by atoms with van der Waals surface area (Å²) >= 11 is 1.59. The largest absolute Gasteiger partial charge is 0.497 e. The molecule has 5 rings (SSSR count). The number of carbonyl (C=O) groups excluding carboxylic acids is 1. The van der Waals surface area contributed by atoms with Crippen molar-refractivity contribution in [1.29, 1.82) is 0 Å². The zero-order chi connectivity index (χ0) is 22.1. The molecule has 1 saturated heterocycles. The molecule has 0 N–H and O–H groups in total. The van der Waals surface area contributed by atoms with Crippen LogP contribution in [0.5, 0.6) is 5.75 Å². The van der Waals surface area contributed by atoms with Crippen molar-refractivity contribution >= 4 is 17.2 Å². The van der Waals surface area contributed by atoms with Crippen LogP contribution < -0.4 is 4.74 Å². The highest BCUT2D eigenvalue weighted by Crippen LogP contribution is 2.33. The fourth-order valence-electron chi connectivity index (χ4n) is 4.18. The number of carbonyl (C=O) groups is 1. The van der Waals surface area contributed by atoms with E-state index in [1.165, 1.54) is 0 Å². The lowest BCUT2D eigenvalue weighted by Gasteiger charge is -2.15. The van der Waals surface area contributed by atoms with E-state index in [0.29, 0.717) is 6.54 Å². The quantitative estimate of drug-likeness (QED) is 0.393. The van der Waals surface area contributed by atoms with E-state index in [-0.39, 0.29) is 5.91 Å². The van der Waals surface area contributed by atoms with Crippen LogP contribution in [-0.2, 0) is 6.54 Å². The molecule has 0 unspecified atom stereocenters. The van der Waals surface area contributed by atoms with Crippen LogP contribution in [-0.4, -0.2) is 40.6 Å². The van der Waals surface area contributed by atoms with Crippen molar-refractivity contribution in [2.45, 2.75) is 26.3 Å². The fraction of sp³-hybridized carbons (Fsp3) is 0.280. The molecule has 1 amide bonds. The minimum absolute atomic E-state index is 0.102. The summed E-state index contributed by atoms with van der Waals surface area (Å²) in [6, 6.07) is 13.7. The first kappa shape index (κ1) is 20.6. The molecular weight excluding hydrogens is 422 g/mol. The van der Waals surface area contributed by atoms with Crippen molar-refractivity contribution in [2.75, 3.05) is 20.2 Å². The minimum atomic E-state index is 0.102. The number of furan rings is 1. The fourth-order valence-corrected chi connectivity index (χ4v) is 5.00. The van der Waals surface area contributed by atoms with Crippen molar-refractivity contribution in [2.24, 2.45) is 0 Å². The van der Waals surface area contributed by atoms with E-state index in [1.807, 2.05) is 54.3 Å². The molecule has 0 aliphatic carbocycles. The molecule has 0 radical (unpaired) electrons. The number of hydrogen-bond acceptors (Lipinski definition) is 5. The van der Waals surface area contributed by atoms with E-state index < -0.39 is 0 Å². The number of methoxy groups -OCH3 is 1. The molecule has 0 bridgehead atoms. The van der Waals surface area contributed by atoms with Crippen molar-refractivity contribution in [3.63, 3.8) is 0 Å². The van der Waals surface area contributed by atoms with Gasteiger partial charge in [0.15, 0.2) is 0 Å². The molecule has 1 aliphatic rings. The molecule has 0 spiro atoms. The monoisotopic (exact) mass is 447 g/mol. The van der Waals surface area contributed by atoms with Gasteiger partial charge >= 0.3 is 0 Å². The predicted molar refractivity (Wildman–Crippen MR) is 125 cm³/mol. The third-order valence-corrected chi connectivity index (χ3v) is 6.88. The summed E-state index contributed by atoms with van der Waals surface area (Å²) in [6.45, 7) is 4.22. The standard InChI is InChI=1S/C25H25N3O3S/c1-17-21(25(29)27-11-3-4-12-27)14-23(28(17)15-20-6-5-13-31-20)22-16-32-24(26-22)18-7-9-19(30-2)10-8-18/h5-10,13-14,16H,3-4,11-12,15H2,1-2H3.